The number of hydrogen-bond donors (Lipinski definition) is 0. The Morgan fingerprint density at radius 2 is 1.92 bits per heavy atom. The summed E-state index contributed by atoms with van der Waals surface area (Å²) in [5.41, 5.74) is 4.31. The molecule has 0 saturated carbocycles. The van der Waals surface area contributed by atoms with Crippen LogP contribution in [0.25, 0.3) is 33.4 Å². The van der Waals surface area contributed by atoms with Crippen molar-refractivity contribution < 1.29 is 4.39 Å². The Kier molecular flexibility index (Phi) is 3.17. The van der Waals surface area contributed by atoms with Gasteiger partial charge in [0.2, 0.25) is 0 Å². The van der Waals surface area contributed by atoms with Crippen molar-refractivity contribution in [3.05, 3.63) is 72.4 Å². The van der Waals surface area contributed by atoms with Crippen molar-refractivity contribution in [2.45, 2.75) is 19.4 Å². The van der Waals surface area contributed by atoms with Gasteiger partial charge in [-0.3, -0.25) is 4.98 Å². The third kappa shape index (κ3) is 2.25. The predicted molar refractivity (Wildman–Crippen MR) is 96.7 cm³/mol. The number of benzene rings is 2. The highest BCUT2D eigenvalue weighted by Gasteiger charge is 2.24. The fraction of sp³-hybridized carbons (Fsp3) is 0.143. The van der Waals surface area contributed by atoms with Crippen LogP contribution in [-0.4, -0.2) is 14.5 Å². The number of hydrogen-bond acceptors (Lipinski definition) is 2. The largest absolute Gasteiger partial charge is 0.327 e. The zero-order chi connectivity index (χ0) is 16.8. The van der Waals surface area contributed by atoms with Crippen LogP contribution in [-0.2, 0) is 13.0 Å². The number of imidazole rings is 1. The molecule has 0 saturated heterocycles. The van der Waals surface area contributed by atoms with Crippen LogP contribution in [0.5, 0.6) is 0 Å². The molecule has 5 rings (SSSR count). The predicted octanol–water partition coefficient (Wildman–Crippen LogP) is 4.85. The lowest BCUT2D eigenvalue weighted by atomic mass is 10.0. The highest BCUT2D eigenvalue weighted by molar-refractivity contribution is 5.87. The van der Waals surface area contributed by atoms with Crippen molar-refractivity contribution in [3.8, 4) is 22.5 Å². The molecule has 0 amide bonds. The van der Waals surface area contributed by atoms with Crippen molar-refractivity contribution in [1.29, 1.82) is 0 Å². The van der Waals surface area contributed by atoms with E-state index in [4.69, 9.17) is 4.98 Å². The van der Waals surface area contributed by atoms with Crippen molar-refractivity contribution in [3.63, 3.8) is 0 Å². The summed E-state index contributed by atoms with van der Waals surface area (Å²) in [5, 5.41) is 1.08. The van der Waals surface area contributed by atoms with Crippen molar-refractivity contribution in [2.75, 3.05) is 0 Å². The highest BCUT2D eigenvalue weighted by atomic mass is 19.1. The number of nitrogens with zero attached hydrogens (tertiary/aromatic N) is 3. The van der Waals surface area contributed by atoms with Crippen LogP contribution in [0.15, 0.2) is 60.8 Å². The number of aryl methyl sites for hydroxylation is 1. The molecule has 122 valence electrons. The van der Waals surface area contributed by atoms with Crippen LogP contribution in [0.3, 0.4) is 0 Å². The molecule has 0 bridgehead atoms. The highest BCUT2D eigenvalue weighted by Crippen LogP contribution is 2.37. The van der Waals surface area contributed by atoms with Gasteiger partial charge in [-0.25, -0.2) is 9.37 Å². The third-order valence-electron chi connectivity index (χ3n) is 4.83. The normalized spacial score (nSPS) is 13.3. The molecule has 1 aliphatic rings. The molecule has 2 aromatic carbocycles. The average molecular weight is 329 g/mol. The van der Waals surface area contributed by atoms with Gasteiger partial charge in [-0.05, 0) is 36.8 Å². The summed E-state index contributed by atoms with van der Waals surface area (Å²) in [6, 6.07) is 17.1. The second-order valence-electron chi connectivity index (χ2n) is 6.37. The Balaban J connectivity index is 1.78. The van der Waals surface area contributed by atoms with E-state index in [1.165, 1.54) is 6.07 Å². The molecule has 3 heterocycles. The Bertz CT molecular complexity index is 1100. The minimum absolute atomic E-state index is 0.233. The monoisotopic (exact) mass is 329 g/mol. The first-order chi connectivity index (χ1) is 12.3. The molecule has 25 heavy (non-hydrogen) atoms. The molecule has 0 atom stereocenters. The average Bonchev–Trinajstić information content (AvgIpc) is 3.22. The first kappa shape index (κ1) is 14.3. The van der Waals surface area contributed by atoms with Crippen LogP contribution in [0.4, 0.5) is 4.39 Å². The maximum absolute atomic E-state index is 14.4. The molecule has 0 unspecified atom stereocenters. The number of fused-ring (bicyclic) bond motifs is 2. The van der Waals surface area contributed by atoms with E-state index in [0.29, 0.717) is 5.56 Å². The fourth-order valence-corrected chi connectivity index (χ4v) is 3.68. The molecular weight excluding hydrogens is 313 g/mol. The van der Waals surface area contributed by atoms with Crippen molar-refractivity contribution >= 4 is 10.9 Å². The quantitative estimate of drug-likeness (QED) is 0.526. The van der Waals surface area contributed by atoms with Crippen molar-refractivity contribution in [1.82, 2.24) is 14.5 Å². The molecule has 0 spiro atoms. The Morgan fingerprint density at radius 1 is 1.00 bits per heavy atom. The lowest BCUT2D eigenvalue weighted by molar-refractivity contribution is 0.630. The second kappa shape index (κ2) is 5.52. The zero-order valence-electron chi connectivity index (χ0n) is 13.6. The molecule has 3 nitrogen and oxygen atoms in total. The van der Waals surface area contributed by atoms with E-state index >= 15 is 0 Å². The molecular formula is C21H16FN3. The SMILES string of the molecule is Fc1ccccc1-c1nc2n(c1-c1ccc3ncccc3c1)CCC2. The van der Waals surface area contributed by atoms with Crippen molar-refractivity contribution in [2.24, 2.45) is 0 Å². The third-order valence-corrected chi connectivity index (χ3v) is 4.83. The number of halogens is 1. The fourth-order valence-electron chi connectivity index (χ4n) is 3.68. The van der Waals surface area contributed by atoms with Gasteiger partial charge in [-0.2, -0.15) is 0 Å². The van der Waals surface area contributed by atoms with E-state index in [2.05, 4.69) is 27.8 Å². The van der Waals surface area contributed by atoms with Crippen LogP contribution >= 0.6 is 0 Å². The summed E-state index contributed by atoms with van der Waals surface area (Å²) in [6.07, 6.45) is 3.82. The molecule has 1 aliphatic heterocycles. The zero-order valence-corrected chi connectivity index (χ0v) is 13.6. The second-order valence-corrected chi connectivity index (χ2v) is 6.37. The molecule has 4 heteroatoms. The Hall–Kier alpha value is -3.01. The summed E-state index contributed by atoms with van der Waals surface area (Å²) >= 11 is 0. The van der Waals surface area contributed by atoms with E-state index in [1.54, 1.807) is 18.3 Å². The number of rotatable bonds is 2. The molecule has 4 aromatic rings. The van der Waals surface area contributed by atoms with E-state index < -0.39 is 0 Å². The van der Waals surface area contributed by atoms with Gasteiger partial charge in [0.1, 0.15) is 11.6 Å². The topological polar surface area (TPSA) is 30.7 Å². The Morgan fingerprint density at radius 3 is 2.84 bits per heavy atom. The van der Waals surface area contributed by atoms with Gasteiger partial charge >= 0.3 is 0 Å². The summed E-state index contributed by atoms with van der Waals surface area (Å²) in [6.45, 7) is 0.928. The van der Waals surface area contributed by atoms with Gasteiger partial charge in [0, 0.05) is 35.7 Å². The van der Waals surface area contributed by atoms with E-state index in [1.807, 2.05) is 18.2 Å². The van der Waals surface area contributed by atoms with Gasteiger partial charge in [0.15, 0.2) is 0 Å². The van der Waals surface area contributed by atoms with E-state index in [-0.39, 0.29) is 5.82 Å². The van der Waals surface area contributed by atoms with Crippen LogP contribution in [0, 0.1) is 5.82 Å². The first-order valence-corrected chi connectivity index (χ1v) is 8.51. The lowest BCUT2D eigenvalue weighted by Gasteiger charge is -2.10. The molecule has 2 aromatic heterocycles. The van der Waals surface area contributed by atoms with E-state index in [0.717, 1.165) is 53.1 Å². The van der Waals surface area contributed by atoms with Gasteiger partial charge in [-0.1, -0.05) is 24.3 Å². The summed E-state index contributed by atoms with van der Waals surface area (Å²) in [5.74, 6) is 0.808. The minimum atomic E-state index is -0.233. The summed E-state index contributed by atoms with van der Waals surface area (Å²) in [4.78, 5) is 9.17. The van der Waals surface area contributed by atoms with Gasteiger partial charge in [-0.15, -0.1) is 0 Å². The number of pyridine rings is 1. The van der Waals surface area contributed by atoms with E-state index in [9.17, 15) is 4.39 Å². The molecule has 0 N–H and O–H groups in total. The standard InChI is InChI=1S/C21H16FN3/c22-17-7-2-1-6-16(17)20-21(25-12-4-8-19(25)24-20)15-9-10-18-14(13-15)5-3-11-23-18/h1-3,5-7,9-11,13H,4,8,12H2. The van der Waals surface area contributed by atoms with Gasteiger partial charge < -0.3 is 4.57 Å². The number of aromatic nitrogens is 3. The molecule has 0 fully saturated rings. The van der Waals surface area contributed by atoms with Crippen LogP contribution in [0.2, 0.25) is 0 Å². The lowest BCUT2D eigenvalue weighted by Crippen LogP contribution is -1.97. The molecule has 0 radical (unpaired) electrons. The van der Waals surface area contributed by atoms with Crippen LogP contribution < -0.4 is 0 Å². The Labute approximate surface area is 144 Å². The molecule has 0 aliphatic carbocycles. The minimum Gasteiger partial charge on any atom is -0.327 e. The van der Waals surface area contributed by atoms with Gasteiger partial charge in [0.05, 0.1) is 16.9 Å². The maximum atomic E-state index is 14.4. The first-order valence-electron chi connectivity index (χ1n) is 8.51. The smallest absolute Gasteiger partial charge is 0.132 e. The van der Waals surface area contributed by atoms with Gasteiger partial charge in [0.25, 0.3) is 0 Å². The summed E-state index contributed by atoms with van der Waals surface area (Å²) in [7, 11) is 0. The summed E-state index contributed by atoms with van der Waals surface area (Å²) < 4.78 is 16.7. The van der Waals surface area contributed by atoms with Crippen LogP contribution in [0.1, 0.15) is 12.2 Å². The maximum Gasteiger partial charge on any atom is 0.132 e.